The van der Waals surface area contributed by atoms with Gasteiger partial charge in [-0.25, -0.2) is 0 Å². The fourth-order valence-corrected chi connectivity index (χ4v) is 5.53. The number of para-hydroxylation sites is 1. The molecule has 0 spiro atoms. The summed E-state index contributed by atoms with van der Waals surface area (Å²) >= 11 is 2.28. The van der Waals surface area contributed by atoms with Crippen molar-refractivity contribution in [2.45, 2.75) is 59.8 Å². The Hall–Kier alpha value is -2.79. The molecular formula is C35H51IN2O6. The summed E-state index contributed by atoms with van der Waals surface area (Å²) in [6.45, 7) is 7.17. The number of rotatable bonds is 5. The van der Waals surface area contributed by atoms with E-state index in [4.69, 9.17) is 4.74 Å². The third kappa shape index (κ3) is 13.9. The van der Waals surface area contributed by atoms with Crippen molar-refractivity contribution >= 4 is 51.8 Å². The van der Waals surface area contributed by atoms with Crippen LogP contribution in [0.2, 0.25) is 0 Å². The van der Waals surface area contributed by atoms with Gasteiger partial charge >= 0.3 is 11.9 Å². The molecule has 8 nitrogen and oxygen atoms in total. The molecule has 44 heavy (non-hydrogen) atoms. The number of ether oxygens (including phenoxy) is 2. The van der Waals surface area contributed by atoms with E-state index in [0.717, 1.165) is 58.3 Å². The van der Waals surface area contributed by atoms with E-state index in [1.165, 1.54) is 23.5 Å². The molecule has 0 aromatic heterocycles. The van der Waals surface area contributed by atoms with Gasteiger partial charge in [-0.05, 0) is 79.1 Å². The van der Waals surface area contributed by atoms with Crippen LogP contribution in [-0.4, -0.2) is 63.9 Å². The Morgan fingerprint density at radius 3 is 1.93 bits per heavy atom. The summed E-state index contributed by atoms with van der Waals surface area (Å²) < 4.78 is 10.6. The molecule has 1 unspecified atom stereocenters. The first-order chi connectivity index (χ1) is 20.7. The number of nitrogens with zero attached hydrogens (tertiary/aromatic N) is 1. The van der Waals surface area contributed by atoms with Gasteiger partial charge in [0.2, 0.25) is 0 Å². The molecule has 0 radical (unpaired) electrons. The zero-order chi connectivity index (χ0) is 31.6. The van der Waals surface area contributed by atoms with Crippen LogP contribution >= 0.6 is 22.6 Å². The monoisotopic (exact) mass is 722 g/mol. The minimum atomic E-state index is -0.265. The smallest absolute Gasteiger partial charge is 0.310 e. The van der Waals surface area contributed by atoms with E-state index in [-0.39, 0.29) is 54.6 Å². The van der Waals surface area contributed by atoms with E-state index < -0.39 is 0 Å². The van der Waals surface area contributed by atoms with Crippen LogP contribution in [0.5, 0.6) is 0 Å². The number of ketones is 2. The molecule has 0 bridgehead atoms. The predicted molar refractivity (Wildman–Crippen MR) is 184 cm³/mol. The van der Waals surface area contributed by atoms with Gasteiger partial charge in [0.25, 0.3) is 0 Å². The molecule has 2 aromatic rings. The summed E-state index contributed by atoms with van der Waals surface area (Å²) in [6.07, 6.45) is 5.22. The highest BCUT2D eigenvalue weighted by Gasteiger charge is 2.30. The largest absolute Gasteiger partial charge is 0.469 e. The zero-order valence-electron chi connectivity index (χ0n) is 25.9. The number of halogens is 1. The molecule has 0 amide bonds. The van der Waals surface area contributed by atoms with Gasteiger partial charge in [0.05, 0.1) is 32.0 Å². The number of benzene rings is 2. The van der Waals surface area contributed by atoms with Crippen molar-refractivity contribution in [2.24, 2.45) is 23.7 Å². The standard InChI is InChI=1S/C12H15NO2.C10H16O2.C6H5I.C6H11NO2.CH4/c1-15-12(14)10-7-8-13(9-10)11-5-3-2-4-6-11;1-7(2)10(12)8-5-3-4-6-9(8)11;7-6-4-2-1-3-5-6;1-9-6(8)5-2-3-7-4-5;/h2-6,10H,7-9H2,1H3;7-8H,3-6H2,1-2H3;1-5H;5,7H,2-4H2,1H3;1H4/t10-;;;5-;/m1..1./s1. The predicted octanol–water partition coefficient (Wildman–Crippen LogP) is 6.35. The Morgan fingerprint density at radius 2 is 1.45 bits per heavy atom. The molecule has 2 aromatic carbocycles. The first-order valence-electron chi connectivity index (χ1n) is 15.1. The Bertz CT molecular complexity index is 1120. The van der Waals surface area contributed by atoms with Crippen molar-refractivity contribution in [3.8, 4) is 0 Å². The van der Waals surface area contributed by atoms with Crippen molar-refractivity contribution in [3.63, 3.8) is 0 Å². The van der Waals surface area contributed by atoms with E-state index in [9.17, 15) is 19.2 Å². The third-order valence-electron chi connectivity index (χ3n) is 7.64. The number of carbonyl (C=O) groups excluding carboxylic acids is 4. The molecule has 3 atom stereocenters. The molecule has 3 aliphatic rings. The fraction of sp³-hybridized carbons (Fsp3) is 0.543. The first kappa shape index (κ1) is 39.2. The highest BCUT2D eigenvalue weighted by molar-refractivity contribution is 14.1. The fourth-order valence-electron chi connectivity index (χ4n) is 5.12. The van der Waals surface area contributed by atoms with Crippen LogP contribution in [-0.2, 0) is 28.7 Å². The summed E-state index contributed by atoms with van der Waals surface area (Å²) in [5, 5.41) is 3.09. The molecule has 5 rings (SSSR count). The van der Waals surface area contributed by atoms with Crippen LogP contribution in [0, 0.1) is 27.2 Å². The Kier molecular flexibility index (Phi) is 19.5. The summed E-state index contributed by atoms with van der Waals surface area (Å²) in [4.78, 5) is 47.1. The van der Waals surface area contributed by atoms with Crippen LogP contribution in [0.15, 0.2) is 60.7 Å². The quantitative estimate of drug-likeness (QED) is 0.217. The second kappa shape index (κ2) is 21.8. The third-order valence-corrected chi connectivity index (χ3v) is 8.36. The van der Waals surface area contributed by atoms with E-state index in [1.807, 2.05) is 50.2 Å². The number of hydrogen-bond acceptors (Lipinski definition) is 8. The lowest BCUT2D eigenvalue weighted by molar-refractivity contribution is -0.145. The highest BCUT2D eigenvalue weighted by Crippen LogP contribution is 2.24. The van der Waals surface area contributed by atoms with Crippen LogP contribution in [0.4, 0.5) is 5.69 Å². The van der Waals surface area contributed by atoms with Crippen molar-refractivity contribution in [2.75, 3.05) is 45.3 Å². The van der Waals surface area contributed by atoms with Gasteiger partial charge in [-0.15, -0.1) is 0 Å². The number of esters is 2. The van der Waals surface area contributed by atoms with E-state index in [0.29, 0.717) is 6.42 Å². The number of methoxy groups -OCH3 is 2. The van der Waals surface area contributed by atoms with Crippen molar-refractivity contribution < 1.29 is 28.7 Å². The average Bonchev–Trinajstić information content (AvgIpc) is 3.76. The lowest BCUT2D eigenvalue weighted by atomic mass is 9.82. The maximum Gasteiger partial charge on any atom is 0.310 e. The van der Waals surface area contributed by atoms with Crippen LogP contribution in [0.1, 0.15) is 59.8 Å². The lowest BCUT2D eigenvalue weighted by Crippen LogP contribution is -2.30. The van der Waals surface area contributed by atoms with Crippen molar-refractivity contribution in [3.05, 3.63) is 64.2 Å². The van der Waals surface area contributed by atoms with Gasteiger partial charge in [-0.3, -0.25) is 19.2 Å². The molecule has 9 heteroatoms. The SMILES string of the molecule is C.CC(C)C(=O)C1CCCCC1=O.COC(=O)[C@@H]1CCN(c2ccccc2)C1.COC(=O)[C@@H]1CCNC1.Ic1ccccc1. The molecule has 1 aliphatic carbocycles. The maximum absolute atomic E-state index is 11.5. The summed E-state index contributed by atoms with van der Waals surface area (Å²) in [5.74, 6) is 0.0223. The molecule has 2 saturated heterocycles. The molecule has 1 saturated carbocycles. The normalized spacial score (nSPS) is 20.4. The number of hydrogen-bond donors (Lipinski definition) is 1. The first-order valence-corrected chi connectivity index (χ1v) is 16.2. The summed E-state index contributed by atoms with van der Waals surface area (Å²) in [7, 11) is 2.88. The van der Waals surface area contributed by atoms with Crippen LogP contribution in [0.25, 0.3) is 0 Å². The van der Waals surface area contributed by atoms with Crippen molar-refractivity contribution in [1.29, 1.82) is 0 Å². The van der Waals surface area contributed by atoms with Gasteiger partial charge in [0.1, 0.15) is 11.6 Å². The Balaban J connectivity index is 0.000000302. The summed E-state index contributed by atoms with van der Waals surface area (Å²) in [6, 6.07) is 20.4. The van der Waals surface area contributed by atoms with Crippen LogP contribution < -0.4 is 10.2 Å². The van der Waals surface area contributed by atoms with Crippen LogP contribution in [0.3, 0.4) is 0 Å². The van der Waals surface area contributed by atoms with Gasteiger partial charge in [0.15, 0.2) is 0 Å². The number of anilines is 1. The van der Waals surface area contributed by atoms with Gasteiger partial charge < -0.3 is 19.7 Å². The van der Waals surface area contributed by atoms with Crippen molar-refractivity contribution in [1.82, 2.24) is 5.32 Å². The van der Waals surface area contributed by atoms with E-state index in [2.05, 4.69) is 61.8 Å². The van der Waals surface area contributed by atoms with E-state index >= 15 is 0 Å². The minimum absolute atomic E-state index is 0. The second-order valence-electron chi connectivity index (χ2n) is 11.1. The Morgan fingerprint density at radius 1 is 0.864 bits per heavy atom. The molecule has 244 valence electrons. The molecular weight excluding hydrogens is 671 g/mol. The summed E-state index contributed by atoms with van der Waals surface area (Å²) in [5.41, 5.74) is 1.18. The molecule has 3 fully saturated rings. The number of carbonyl (C=O) groups is 4. The maximum atomic E-state index is 11.5. The van der Waals surface area contributed by atoms with Gasteiger partial charge in [-0.2, -0.15) is 0 Å². The molecule has 2 heterocycles. The number of nitrogens with one attached hydrogen (secondary N) is 1. The number of Topliss-reactive ketones (excluding diaryl/α,β-unsaturated/α-hetero) is 2. The second-order valence-corrected chi connectivity index (χ2v) is 12.4. The topological polar surface area (TPSA) is 102 Å². The lowest BCUT2D eigenvalue weighted by Gasteiger charge is -2.20. The van der Waals surface area contributed by atoms with Gasteiger partial charge in [-0.1, -0.05) is 64.1 Å². The Labute approximate surface area is 277 Å². The zero-order valence-corrected chi connectivity index (χ0v) is 28.1. The highest BCUT2D eigenvalue weighted by atomic mass is 127. The van der Waals surface area contributed by atoms with E-state index in [1.54, 1.807) is 0 Å². The van der Waals surface area contributed by atoms with Gasteiger partial charge in [0, 0.05) is 41.2 Å². The molecule has 1 N–H and O–H groups in total. The average molecular weight is 723 g/mol. The molecule has 2 aliphatic heterocycles. The minimum Gasteiger partial charge on any atom is -0.469 e.